The van der Waals surface area contributed by atoms with Crippen molar-refractivity contribution < 1.29 is 24.0 Å². The molecule has 1 aliphatic heterocycles. The van der Waals surface area contributed by atoms with Gasteiger partial charge in [0.15, 0.2) is 0 Å². The number of likely N-dealkylation sites (tertiary alicyclic amines) is 1. The van der Waals surface area contributed by atoms with Gasteiger partial charge >= 0.3 is 7.82 Å². The monoisotopic (exact) mass is 253 g/mol. The van der Waals surface area contributed by atoms with Crippen LogP contribution in [0.2, 0.25) is 0 Å². The minimum absolute atomic E-state index is 0.152. The highest BCUT2D eigenvalue weighted by atomic mass is 31.2. The van der Waals surface area contributed by atoms with Crippen molar-refractivity contribution in [1.29, 1.82) is 0 Å². The molecule has 0 amide bonds. The van der Waals surface area contributed by atoms with Crippen LogP contribution in [0.4, 0.5) is 0 Å². The van der Waals surface area contributed by atoms with Crippen LogP contribution in [-0.2, 0) is 9.09 Å². The molecule has 0 aromatic heterocycles. The van der Waals surface area contributed by atoms with Gasteiger partial charge in [-0.2, -0.15) is 0 Å². The van der Waals surface area contributed by atoms with E-state index in [1.54, 1.807) is 6.92 Å². The molecular weight excluding hydrogens is 233 g/mol. The molecule has 1 saturated heterocycles. The molecule has 1 rings (SSSR count). The molecule has 0 radical (unpaired) electrons. The zero-order chi connectivity index (χ0) is 12.2. The molecule has 0 spiro atoms. The van der Waals surface area contributed by atoms with Crippen molar-refractivity contribution in [3.8, 4) is 0 Å². The number of phosphoric acid groups is 1. The number of phosphoric ester groups is 1. The summed E-state index contributed by atoms with van der Waals surface area (Å²) in [6, 6.07) is 0. The summed E-state index contributed by atoms with van der Waals surface area (Å²) >= 11 is 0. The van der Waals surface area contributed by atoms with Gasteiger partial charge in [0.1, 0.15) is 0 Å². The molecule has 7 heteroatoms. The second-order valence-electron chi connectivity index (χ2n) is 4.20. The SMILES string of the molecule is CC(OP(=O)(O)O)C1CCN(CCO)CC1. The number of aliphatic hydroxyl groups excluding tert-OH is 1. The quantitative estimate of drug-likeness (QED) is 0.606. The van der Waals surface area contributed by atoms with Crippen LogP contribution in [0.3, 0.4) is 0 Å². The molecule has 6 nitrogen and oxygen atoms in total. The molecule has 16 heavy (non-hydrogen) atoms. The van der Waals surface area contributed by atoms with Crippen LogP contribution < -0.4 is 0 Å². The van der Waals surface area contributed by atoms with E-state index >= 15 is 0 Å². The van der Waals surface area contributed by atoms with Gasteiger partial charge in [-0.05, 0) is 38.8 Å². The molecule has 1 atom stereocenters. The first-order chi connectivity index (χ1) is 7.42. The Morgan fingerprint density at radius 1 is 1.44 bits per heavy atom. The highest BCUT2D eigenvalue weighted by molar-refractivity contribution is 7.46. The lowest BCUT2D eigenvalue weighted by Crippen LogP contribution is -2.38. The number of piperidine rings is 1. The van der Waals surface area contributed by atoms with Crippen LogP contribution in [0.15, 0.2) is 0 Å². The van der Waals surface area contributed by atoms with Crippen LogP contribution in [0, 0.1) is 5.92 Å². The average molecular weight is 253 g/mol. The van der Waals surface area contributed by atoms with Gasteiger partial charge < -0.3 is 19.8 Å². The van der Waals surface area contributed by atoms with Gasteiger partial charge in [0.2, 0.25) is 0 Å². The molecule has 1 heterocycles. The van der Waals surface area contributed by atoms with Crippen LogP contribution in [-0.4, -0.2) is 52.1 Å². The maximum Gasteiger partial charge on any atom is 0.469 e. The van der Waals surface area contributed by atoms with E-state index in [1.165, 1.54) is 0 Å². The average Bonchev–Trinajstić information content (AvgIpc) is 2.16. The fourth-order valence-corrected chi connectivity index (χ4v) is 2.70. The lowest BCUT2D eigenvalue weighted by molar-refractivity contribution is 0.0584. The highest BCUT2D eigenvalue weighted by Gasteiger charge is 2.28. The van der Waals surface area contributed by atoms with Crippen LogP contribution in [0.1, 0.15) is 19.8 Å². The molecule has 0 aromatic carbocycles. The number of hydrogen-bond donors (Lipinski definition) is 3. The number of β-amino-alcohol motifs (C(OH)–C–C–N with tert-alkyl or cyclic N) is 1. The van der Waals surface area contributed by atoms with Crippen molar-refractivity contribution >= 4 is 7.82 Å². The Bertz CT molecular complexity index is 248. The normalized spacial score (nSPS) is 22.2. The largest absolute Gasteiger partial charge is 0.469 e. The summed E-state index contributed by atoms with van der Waals surface area (Å²) < 4.78 is 15.4. The van der Waals surface area contributed by atoms with Crippen molar-refractivity contribution in [2.75, 3.05) is 26.2 Å². The standard InChI is InChI=1S/C9H20NO5P/c1-8(15-16(12,13)14)9-2-4-10(5-3-9)6-7-11/h8-9,11H,2-7H2,1H3,(H2,12,13,14). The molecule has 0 bridgehead atoms. The molecule has 1 aliphatic rings. The van der Waals surface area contributed by atoms with E-state index in [9.17, 15) is 4.57 Å². The lowest BCUT2D eigenvalue weighted by Gasteiger charge is -2.34. The van der Waals surface area contributed by atoms with E-state index in [1.807, 2.05) is 0 Å². The minimum Gasteiger partial charge on any atom is -0.395 e. The summed E-state index contributed by atoms with van der Waals surface area (Å²) in [5, 5.41) is 8.78. The van der Waals surface area contributed by atoms with E-state index in [0.717, 1.165) is 25.9 Å². The van der Waals surface area contributed by atoms with E-state index in [-0.39, 0.29) is 12.5 Å². The molecular formula is C9H20NO5P. The summed E-state index contributed by atoms with van der Waals surface area (Å²) in [4.78, 5) is 19.5. The minimum atomic E-state index is -4.37. The first-order valence-corrected chi connectivity index (χ1v) is 7.02. The van der Waals surface area contributed by atoms with Crippen molar-refractivity contribution in [1.82, 2.24) is 4.90 Å². The van der Waals surface area contributed by atoms with Gasteiger partial charge in [0, 0.05) is 6.54 Å². The Hall–Kier alpha value is 0.0300. The summed E-state index contributed by atoms with van der Waals surface area (Å²) in [5.41, 5.74) is 0. The molecule has 0 aromatic rings. The Morgan fingerprint density at radius 3 is 2.44 bits per heavy atom. The van der Waals surface area contributed by atoms with Crippen LogP contribution in [0.5, 0.6) is 0 Å². The van der Waals surface area contributed by atoms with Crippen molar-refractivity contribution in [2.24, 2.45) is 5.92 Å². The molecule has 0 aliphatic carbocycles. The van der Waals surface area contributed by atoms with E-state index in [2.05, 4.69) is 9.42 Å². The Balaban J connectivity index is 2.33. The summed E-state index contributed by atoms with van der Waals surface area (Å²) in [6.45, 7) is 4.21. The number of hydrogen-bond acceptors (Lipinski definition) is 4. The van der Waals surface area contributed by atoms with Crippen molar-refractivity contribution in [3.63, 3.8) is 0 Å². The Labute approximate surface area is 95.5 Å². The second kappa shape index (κ2) is 6.10. The number of aliphatic hydroxyl groups is 1. The fraction of sp³-hybridized carbons (Fsp3) is 1.00. The number of nitrogens with zero attached hydrogens (tertiary/aromatic N) is 1. The maximum atomic E-state index is 10.7. The molecule has 96 valence electrons. The molecule has 1 unspecified atom stereocenters. The van der Waals surface area contributed by atoms with Gasteiger partial charge in [0.05, 0.1) is 12.7 Å². The van der Waals surface area contributed by atoms with E-state index < -0.39 is 13.9 Å². The van der Waals surface area contributed by atoms with Crippen molar-refractivity contribution in [2.45, 2.75) is 25.9 Å². The predicted molar refractivity (Wildman–Crippen MR) is 58.8 cm³/mol. The third-order valence-electron chi connectivity index (χ3n) is 3.02. The van der Waals surface area contributed by atoms with Gasteiger partial charge in [-0.1, -0.05) is 0 Å². The van der Waals surface area contributed by atoms with E-state index in [4.69, 9.17) is 14.9 Å². The van der Waals surface area contributed by atoms with Gasteiger partial charge in [0.25, 0.3) is 0 Å². The van der Waals surface area contributed by atoms with Crippen LogP contribution in [0.25, 0.3) is 0 Å². The Kier molecular flexibility index (Phi) is 5.37. The molecule has 3 N–H and O–H groups in total. The van der Waals surface area contributed by atoms with Gasteiger partial charge in [-0.3, -0.25) is 4.52 Å². The zero-order valence-corrected chi connectivity index (χ0v) is 10.3. The Morgan fingerprint density at radius 2 is 2.00 bits per heavy atom. The second-order valence-corrected chi connectivity index (χ2v) is 5.40. The van der Waals surface area contributed by atoms with Crippen LogP contribution >= 0.6 is 7.82 Å². The molecule has 0 saturated carbocycles. The lowest BCUT2D eigenvalue weighted by atomic mass is 9.92. The molecule has 1 fully saturated rings. The summed E-state index contributed by atoms with van der Waals surface area (Å²) in [5.74, 6) is 0.183. The van der Waals surface area contributed by atoms with E-state index in [0.29, 0.717) is 6.54 Å². The smallest absolute Gasteiger partial charge is 0.395 e. The summed E-state index contributed by atoms with van der Waals surface area (Å²) in [7, 11) is -4.37. The topological polar surface area (TPSA) is 90.2 Å². The van der Waals surface area contributed by atoms with Crippen molar-refractivity contribution in [3.05, 3.63) is 0 Å². The summed E-state index contributed by atoms with van der Waals surface area (Å²) in [6.07, 6.45) is 1.28. The fourth-order valence-electron chi connectivity index (χ4n) is 2.09. The zero-order valence-electron chi connectivity index (χ0n) is 9.45. The maximum absolute atomic E-state index is 10.7. The van der Waals surface area contributed by atoms with Gasteiger partial charge in [-0.15, -0.1) is 0 Å². The number of rotatable bonds is 5. The third kappa shape index (κ3) is 4.91. The third-order valence-corrected chi connectivity index (χ3v) is 3.62. The first kappa shape index (κ1) is 14.1. The first-order valence-electron chi connectivity index (χ1n) is 5.49. The highest BCUT2D eigenvalue weighted by Crippen LogP contribution is 2.40. The predicted octanol–water partition coefficient (Wildman–Crippen LogP) is 0.188. The van der Waals surface area contributed by atoms with Gasteiger partial charge in [-0.25, -0.2) is 4.57 Å².